The number of likely N-dealkylation sites (tertiary alicyclic amines) is 1. The van der Waals surface area contributed by atoms with Crippen LogP contribution in [0.4, 0.5) is 0 Å². The molecular weight excluding hydrogens is 382 g/mol. The minimum absolute atomic E-state index is 0. The summed E-state index contributed by atoms with van der Waals surface area (Å²) in [5, 5.41) is 2.72. The van der Waals surface area contributed by atoms with Crippen molar-refractivity contribution in [3.8, 4) is 16.3 Å². The maximum Gasteiger partial charge on any atom is 0.273 e. The Labute approximate surface area is 171 Å². The smallest absolute Gasteiger partial charge is 0.273 e. The van der Waals surface area contributed by atoms with E-state index in [-0.39, 0.29) is 24.4 Å². The van der Waals surface area contributed by atoms with Crippen LogP contribution < -0.4 is 10.5 Å². The molecule has 5 nitrogen and oxygen atoms in total. The lowest BCUT2D eigenvalue weighted by molar-refractivity contribution is 0.0676. The Bertz CT molecular complexity index is 725. The van der Waals surface area contributed by atoms with Crippen LogP contribution in [0.5, 0.6) is 5.75 Å². The number of nitrogens with zero attached hydrogens (tertiary/aromatic N) is 2. The van der Waals surface area contributed by atoms with Crippen LogP contribution in [0.1, 0.15) is 43.6 Å². The molecule has 2 N–H and O–H groups in total. The maximum absolute atomic E-state index is 12.7. The monoisotopic (exact) mass is 409 g/mol. The third-order valence-corrected chi connectivity index (χ3v) is 5.76. The van der Waals surface area contributed by atoms with Crippen LogP contribution in [-0.2, 0) is 0 Å². The zero-order valence-electron chi connectivity index (χ0n) is 15.9. The predicted octanol–water partition coefficient (Wildman–Crippen LogP) is 4.22. The molecule has 1 atom stereocenters. The number of halogens is 1. The highest BCUT2D eigenvalue weighted by molar-refractivity contribution is 7.13. The Balaban J connectivity index is 0.00000261. The van der Waals surface area contributed by atoms with Gasteiger partial charge in [-0.25, -0.2) is 4.98 Å². The van der Waals surface area contributed by atoms with E-state index in [4.69, 9.17) is 10.5 Å². The topological polar surface area (TPSA) is 68.5 Å². The molecule has 1 aliphatic heterocycles. The number of rotatable bonds is 6. The highest BCUT2D eigenvalue weighted by Gasteiger charge is 2.26. The fourth-order valence-corrected chi connectivity index (χ4v) is 4.01. The molecule has 148 valence electrons. The van der Waals surface area contributed by atoms with Crippen molar-refractivity contribution in [3.63, 3.8) is 0 Å². The van der Waals surface area contributed by atoms with Crippen LogP contribution >= 0.6 is 23.7 Å². The van der Waals surface area contributed by atoms with Gasteiger partial charge in [-0.05, 0) is 56.4 Å². The molecule has 27 heavy (non-hydrogen) atoms. The largest absolute Gasteiger partial charge is 0.494 e. The van der Waals surface area contributed by atoms with Gasteiger partial charge < -0.3 is 15.4 Å². The number of ether oxygens (including phenoxy) is 1. The number of amides is 1. The molecule has 2 aromatic rings. The first-order chi connectivity index (χ1) is 12.6. The summed E-state index contributed by atoms with van der Waals surface area (Å²) in [7, 11) is 0. The minimum Gasteiger partial charge on any atom is -0.494 e. The molecule has 7 heteroatoms. The molecule has 1 amide bonds. The van der Waals surface area contributed by atoms with E-state index in [9.17, 15) is 4.79 Å². The standard InChI is InChI=1S/C20H27N3O2S.ClH/c1-3-12-25-17-6-4-16(5-7-17)19-22-18(13-26-19)20(24)23-10-8-15(9-11-23)14(2)21;/h4-7,13-15H,3,8-12,21H2,1-2H3;1H. The van der Waals surface area contributed by atoms with Gasteiger partial charge in [0.1, 0.15) is 16.5 Å². The Morgan fingerprint density at radius 2 is 2.00 bits per heavy atom. The van der Waals surface area contributed by atoms with Crippen LogP contribution in [0.25, 0.3) is 10.6 Å². The summed E-state index contributed by atoms with van der Waals surface area (Å²) in [5.74, 6) is 1.40. The second-order valence-electron chi connectivity index (χ2n) is 6.90. The Kier molecular flexibility index (Phi) is 8.07. The summed E-state index contributed by atoms with van der Waals surface area (Å²) in [6.07, 6.45) is 2.93. The molecule has 0 bridgehead atoms. The van der Waals surface area contributed by atoms with E-state index in [0.29, 0.717) is 11.6 Å². The van der Waals surface area contributed by atoms with Crippen LogP contribution in [0.15, 0.2) is 29.6 Å². The molecule has 0 aliphatic carbocycles. The number of piperidine rings is 1. The second-order valence-corrected chi connectivity index (χ2v) is 7.76. The van der Waals surface area contributed by atoms with Crippen molar-refractivity contribution in [1.82, 2.24) is 9.88 Å². The van der Waals surface area contributed by atoms with Gasteiger partial charge in [0.05, 0.1) is 6.61 Å². The van der Waals surface area contributed by atoms with E-state index in [1.807, 2.05) is 41.5 Å². The lowest BCUT2D eigenvalue weighted by atomic mass is 9.91. The zero-order valence-corrected chi connectivity index (χ0v) is 17.5. The summed E-state index contributed by atoms with van der Waals surface area (Å²) in [6, 6.07) is 8.08. The first-order valence-electron chi connectivity index (χ1n) is 9.32. The molecule has 0 radical (unpaired) electrons. The molecule has 1 aromatic heterocycles. The van der Waals surface area contributed by atoms with Crippen LogP contribution in [0.3, 0.4) is 0 Å². The van der Waals surface area contributed by atoms with Crippen LogP contribution in [-0.4, -0.2) is 41.5 Å². The minimum atomic E-state index is 0. The van der Waals surface area contributed by atoms with Gasteiger partial charge in [-0.15, -0.1) is 23.7 Å². The molecule has 1 aliphatic rings. The normalized spacial score (nSPS) is 15.9. The van der Waals surface area contributed by atoms with Gasteiger partial charge in [-0.1, -0.05) is 6.92 Å². The number of benzene rings is 1. The summed E-state index contributed by atoms with van der Waals surface area (Å²) < 4.78 is 5.61. The van der Waals surface area contributed by atoms with Crippen LogP contribution in [0.2, 0.25) is 0 Å². The van der Waals surface area contributed by atoms with Gasteiger partial charge >= 0.3 is 0 Å². The van der Waals surface area contributed by atoms with Gasteiger partial charge in [-0.2, -0.15) is 0 Å². The summed E-state index contributed by atoms with van der Waals surface area (Å²) in [5.41, 5.74) is 7.53. The average molecular weight is 410 g/mol. The predicted molar refractivity (Wildman–Crippen MR) is 113 cm³/mol. The van der Waals surface area contributed by atoms with Crippen molar-refractivity contribution in [2.24, 2.45) is 11.7 Å². The van der Waals surface area contributed by atoms with Gasteiger partial charge in [0.25, 0.3) is 5.91 Å². The first-order valence-corrected chi connectivity index (χ1v) is 10.2. The number of aromatic nitrogens is 1. The third kappa shape index (κ3) is 5.43. The fraction of sp³-hybridized carbons (Fsp3) is 0.500. The van der Waals surface area contributed by atoms with E-state index in [1.54, 1.807) is 0 Å². The summed E-state index contributed by atoms with van der Waals surface area (Å²) in [6.45, 7) is 6.38. The van der Waals surface area contributed by atoms with Crippen molar-refractivity contribution in [3.05, 3.63) is 35.3 Å². The van der Waals surface area contributed by atoms with E-state index in [1.165, 1.54) is 11.3 Å². The number of thiazole rings is 1. The molecule has 1 aromatic carbocycles. The quantitative estimate of drug-likeness (QED) is 0.775. The summed E-state index contributed by atoms with van der Waals surface area (Å²) in [4.78, 5) is 19.2. The molecule has 0 spiro atoms. The van der Waals surface area contributed by atoms with Gasteiger partial charge in [0, 0.05) is 30.1 Å². The Hall–Kier alpha value is -1.63. The molecule has 1 saturated heterocycles. The molecule has 3 rings (SSSR count). The summed E-state index contributed by atoms with van der Waals surface area (Å²) >= 11 is 1.50. The van der Waals surface area contributed by atoms with E-state index in [2.05, 4.69) is 11.9 Å². The van der Waals surface area contributed by atoms with Crippen molar-refractivity contribution in [2.75, 3.05) is 19.7 Å². The zero-order chi connectivity index (χ0) is 18.5. The molecule has 2 heterocycles. The van der Waals surface area contributed by atoms with E-state index in [0.717, 1.165) is 55.3 Å². The van der Waals surface area contributed by atoms with Gasteiger partial charge in [0.2, 0.25) is 0 Å². The number of nitrogens with two attached hydrogens (primary N) is 1. The molecule has 1 fully saturated rings. The SMILES string of the molecule is CCCOc1ccc(-c2nc(C(=O)N3CCC(C(C)N)CC3)cs2)cc1.Cl. The lowest BCUT2D eigenvalue weighted by Crippen LogP contribution is -2.42. The second kappa shape index (κ2) is 10.1. The Morgan fingerprint density at radius 3 is 2.59 bits per heavy atom. The van der Waals surface area contributed by atoms with Gasteiger partial charge in [0.15, 0.2) is 0 Å². The Morgan fingerprint density at radius 1 is 1.33 bits per heavy atom. The number of carbonyl (C=O) groups is 1. The van der Waals surface area contributed by atoms with E-state index >= 15 is 0 Å². The van der Waals surface area contributed by atoms with Crippen molar-refractivity contribution >= 4 is 29.7 Å². The van der Waals surface area contributed by atoms with E-state index < -0.39 is 0 Å². The molecule has 0 saturated carbocycles. The molecule has 1 unspecified atom stereocenters. The first kappa shape index (κ1) is 21.7. The number of hydrogen-bond acceptors (Lipinski definition) is 5. The molecular formula is C20H28ClN3O2S. The van der Waals surface area contributed by atoms with Crippen LogP contribution in [0, 0.1) is 5.92 Å². The lowest BCUT2D eigenvalue weighted by Gasteiger charge is -2.33. The van der Waals surface area contributed by atoms with Crippen molar-refractivity contribution in [1.29, 1.82) is 0 Å². The highest BCUT2D eigenvalue weighted by Crippen LogP contribution is 2.27. The van der Waals surface area contributed by atoms with Crippen molar-refractivity contribution in [2.45, 2.75) is 39.2 Å². The highest BCUT2D eigenvalue weighted by atomic mass is 35.5. The average Bonchev–Trinajstić information content (AvgIpc) is 3.16. The van der Waals surface area contributed by atoms with Crippen molar-refractivity contribution < 1.29 is 9.53 Å². The number of carbonyl (C=O) groups excluding carboxylic acids is 1. The maximum atomic E-state index is 12.7. The third-order valence-electron chi connectivity index (χ3n) is 4.87. The number of hydrogen-bond donors (Lipinski definition) is 1. The van der Waals surface area contributed by atoms with Gasteiger partial charge in [-0.3, -0.25) is 4.79 Å². The fourth-order valence-electron chi connectivity index (χ4n) is 3.21.